The van der Waals surface area contributed by atoms with Gasteiger partial charge in [0, 0.05) is 18.8 Å². The Kier molecular flexibility index (Phi) is 7.14. The second kappa shape index (κ2) is 10.4. The second-order valence-electron chi connectivity index (χ2n) is 9.14. The molecule has 186 valence electrons. The van der Waals surface area contributed by atoms with E-state index >= 15 is 0 Å². The Bertz CT molecular complexity index is 1410. The van der Waals surface area contributed by atoms with Crippen LogP contribution in [0.4, 0.5) is 16.3 Å². The third-order valence-electron chi connectivity index (χ3n) is 5.09. The van der Waals surface area contributed by atoms with Crippen LogP contribution in [0.2, 0.25) is 0 Å². The molecule has 0 saturated heterocycles. The lowest BCUT2D eigenvalue weighted by molar-refractivity contribution is 0.0635. The molecule has 0 saturated carbocycles. The molecule has 4 rings (SSSR count). The monoisotopic (exact) mass is 488 g/mol. The van der Waals surface area contributed by atoms with Crippen LogP contribution in [0.15, 0.2) is 65.8 Å². The number of hydrogen-bond donors (Lipinski definition) is 2. The number of ether oxygens (including phenoxy) is 1. The first kappa shape index (κ1) is 24.6. The van der Waals surface area contributed by atoms with Crippen LogP contribution in [0.25, 0.3) is 11.0 Å². The van der Waals surface area contributed by atoms with Gasteiger partial charge in [0.2, 0.25) is 0 Å². The molecule has 0 aliphatic rings. The van der Waals surface area contributed by atoms with E-state index in [-0.39, 0.29) is 12.2 Å². The van der Waals surface area contributed by atoms with Crippen molar-refractivity contribution in [3.8, 4) is 0 Å². The van der Waals surface area contributed by atoms with Gasteiger partial charge in [0.1, 0.15) is 24.4 Å². The maximum atomic E-state index is 12.9. The Balaban J connectivity index is 1.50. The average Bonchev–Trinajstić information content (AvgIpc) is 2.82. The minimum Gasteiger partial charge on any atom is -0.444 e. The van der Waals surface area contributed by atoms with Gasteiger partial charge < -0.3 is 14.9 Å². The van der Waals surface area contributed by atoms with E-state index in [1.807, 2.05) is 43.3 Å². The van der Waals surface area contributed by atoms with Crippen molar-refractivity contribution in [2.45, 2.75) is 46.4 Å². The SMILES string of the molecule is Cc1ncnc2c1c(NCc1ccc(NC(=O)OC(C)(C)C)nc1)cc(=O)n2OCc1ccccc1. The van der Waals surface area contributed by atoms with Gasteiger partial charge in [-0.2, -0.15) is 0 Å². The van der Waals surface area contributed by atoms with Crippen molar-refractivity contribution >= 4 is 28.6 Å². The Morgan fingerprint density at radius 3 is 2.50 bits per heavy atom. The van der Waals surface area contributed by atoms with Gasteiger partial charge in [-0.15, -0.1) is 4.73 Å². The number of nitrogens with one attached hydrogen (secondary N) is 2. The molecule has 10 nitrogen and oxygen atoms in total. The van der Waals surface area contributed by atoms with Crippen molar-refractivity contribution in [1.82, 2.24) is 19.7 Å². The van der Waals surface area contributed by atoms with Gasteiger partial charge in [0.05, 0.1) is 16.8 Å². The van der Waals surface area contributed by atoms with E-state index in [0.717, 1.165) is 11.1 Å². The van der Waals surface area contributed by atoms with Crippen LogP contribution in [0.1, 0.15) is 37.6 Å². The number of rotatable bonds is 7. The molecule has 0 aliphatic heterocycles. The molecule has 10 heteroatoms. The predicted molar refractivity (Wildman–Crippen MR) is 137 cm³/mol. The maximum Gasteiger partial charge on any atom is 0.413 e. The van der Waals surface area contributed by atoms with Crippen molar-refractivity contribution in [3.63, 3.8) is 0 Å². The molecular formula is C26H28N6O4. The molecule has 0 unspecified atom stereocenters. The molecule has 0 atom stereocenters. The third kappa shape index (κ3) is 6.15. The molecule has 1 aromatic carbocycles. The smallest absolute Gasteiger partial charge is 0.413 e. The summed E-state index contributed by atoms with van der Waals surface area (Å²) in [7, 11) is 0. The molecule has 36 heavy (non-hydrogen) atoms. The molecule has 0 aliphatic carbocycles. The van der Waals surface area contributed by atoms with Gasteiger partial charge in [0.15, 0.2) is 5.65 Å². The Hall–Kier alpha value is -4.47. The Labute approximate surface area is 208 Å². The zero-order valence-electron chi connectivity index (χ0n) is 20.6. The van der Waals surface area contributed by atoms with Crippen molar-refractivity contribution < 1.29 is 14.4 Å². The van der Waals surface area contributed by atoms with Crippen LogP contribution in [0.5, 0.6) is 0 Å². The normalized spacial score (nSPS) is 11.2. The van der Waals surface area contributed by atoms with E-state index in [9.17, 15) is 9.59 Å². The van der Waals surface area contributed by atoms with E-state index in [1.54, 1.807) is 33.0 Å². The van der Waals surface area contributed by atoms with Crippen LogP contribution in [-0.2, 0) is 17.9 Å². The fourth-order valence-electron chi connectivity index (χ4n) is 3.48. The number of fused-ring (bicyclic) bond motifs is 1. The lowest BCUT2D eigenvalue weighted by atomic mass is 10.2. The zero-order valence-corrected chi connectivity index (χ0v) is 20.6. The first-order valence-electron chi connectivity index (χ1n) is 11.4. The summed E-state index contributed by atoms with van der Waals surface area (Å²) in [5, 5.41) is 6.56. The lowest BCUT2D eigenvalue weighted by Gasteiger charge is -2.19. The maximum absolute atomic E-state index is 12.9. The molecular weight excluding hydrogens is 460 g/mol. The van der Waals surface area contributed by atoms with E-state index < -0.39 is 11.7 Å². The minimum atomic E-state index is -0.598. The highest BCUT2D eigenvalue weighted by Crippen LogP contribution is 2.23. The number of amides is 1. The highest BCUT2D eigenvalue weighted by atomic mass is 16.7. The van der Waals surface area contributed by atoms with Gasteiger partial charge in [-0.1, -0.05) is 36.4 Å². The standard InChI is InChI=1S/C26H28N6O4/c1-17-23-20(27-13-19-10-11-21(28-14-19)31-25(34)36-26(2,3)4)12-22(33)32(24(23)30-16-29-17)35-15-18-8-6-5-7-9-18/h5-12,14,16,27H,13,15H2,1-4H3,(H,28,31,34). The van der Waals surface area contributed by atoms with E-state index in [0.29, 0.717) is 34.8 Å². The van der Waals surface area contributed by atoms with Gasteiger partial charge in [-0.05, 0) is 44.9 Å². The number of carbonyl (C=O) groups is 1. The van der Waals surface area contributed by atoms with E-state index in [1.165, 1.54) is 17.1 Å². The highest BCUT2D eigenvalue weighted by molar-refractivity contribution is 5.90. The largest absolute Gasteiger partial charge is 0.444 e. The Morgan fingerprint density at radius 2 is 1.81 bits per heavy atom. The van der Waals surface area contributed by atoms with Gasteiger partial charge >= 0.3 is 6.09 Å². The summed E-state index contributed by atoms with van der Waals surface area (Å²) in [4.78, 5) is 43.5. The average molecular weight is 489 g/mol. The predicted octanol–water partition coefficient (Wildman–Crippen LogP) is 4.08. The summed E-state index contributed by atoms with van der Waals surface area (Å²) < 4.78 is 6.43. The highest BCUT2D eigenvalue weighted by Gasteiger charge is 2.17. The number of aromatic nitrogens is 4. The summed E-state index contributed by atoms with van der Waals surface area (Å²) in [5.74, 6) is 0.376. The summed E-state index contributed by atoms with van der Waals surface area (Å²) in [5.41, 5.74) is 2.50. The van der Waals surface area contributed by atoms with Gasteiger partial charge in [0.25, 0.3) is 5.56 Å². The molecule has 1 amide bonds. The van der Waals surface area contributed by atoms with E-state index in [2.05, 4.69) is 25.6 Å². The summed E-state index contributed by atoms with van der Waals surface area (Å²) in [6, 6.07) is 14.6. The number of benzene rings is 1. The van der Waals surface area contributed by atoms with Crippen molar-refractivity contribution in [2.75, 3.05) is 10.6 Å². The van der Waals surface area contributed by atoms with E-state index in [4.69, 9.17) is 9.57 Å². The summed E-state index contributed by atoms with van der Waals surface area (Å²) >= 11 is 0. The van der Waals surface area contributed by atoms with Crippen LogP contribution >= 0.6 is 0 Å². The number of hydrogen-bond acceptors (Lipinski definition) is 8. The third-order valence-corrected chi connectivity index (χ3v) is 5.09. The van der Waals surface area contributed by atoms with Crippen molar-refractivity contribution in [2.24, 2.45) is 0 Å². The minimum absolute atomic E-state index is 0.223. The number of carbonyl (C=O) groups excluding carboxylic acids is 1. The van der Waals surface area contributed by atoms with Crippen molar-refractivity contribution in [3.05, 3.63) is 88.2 Å². The van der Waals surface area contributed by atoms with Gasteiger partial charge in [-0.25, -0.2) is 19.7 Å². The topological polar surface area (TPSA) is 120 Å². The molecule has 0 radical (unpaired) electrons. The fraction of sp³-hybridized carbons (Fsp3) is 0.269. The van der Waals surface area contributed by atoms with Crippen LogP contribution < -0.4 is 21.0 Å². The van der Waals surface area contributed by atoms with Crippen LogP contribution in [0, 0.1) is 6.92 Å². The number of anilines is 2. The first-order chi connectivity index (χ1) is 17.2. The molecule has 4 aromatic rings. The molecule has 3 heterocycles. The summed E-state index contributed by atoms with van der Waals surface area (Å²) in [6.07, 6.45) is 2.47. The first-order valence-corrected chi connectivity index (χ1v) is 11.4. The number of nitrogens with zero attached hydrogens (tertiary/aromatic N) is 4. The molecule has 0 bridgehead atoms. The molecule has 0 fully saturated rings. The lowest BCUT2D eigenvalue weighted by Crippen LogP contribution is -2.28. The van der Waals surface area contributed by atoms with Crippen LogP contribution in [-0.4, -0.2) is 31.4 Å². The summed E-state index contributed by atoms with van der Waals surface area (Å²) in [6.45, 7) is 7.83. The number of aryl methyl sites for hydroxylation is 1. The Morgan fingerprint density at radius 1 is 1.03 bits per heavy atom. The quantitative estimate of drug-likeness (QED) is 0.399. The molecule has 2 N–H and O–H groups in total. The molecule has 3 aromatic heterocycles. The second-order valence-corrected chi connectivity index (χ2v) is 9.14. The molecule has 0 spiro atoms. The van der Waals surface area contributed by atoms with Crippen LogP contribution in [0.3, 0.4) is 0 Å². The number of pyridine rings is 2. The van der Waals surface area contributed by atoms with Crippen molar-refractivity contribution in [1.29, 1.82) is 0 Å². The zero-order chi connectivity index (χ0) is 25.7. The van der Waals surface area contributed by atoms with Gasteiger partial charge in [-0.3, -0.25) is 10.1 Å². The fourth-order valence-corrected chi connectivity index (χ4v) is 3.48.